The molecule has 1 atom stereocenters. The molecule has 0 aliphatic rings. The van der Waals surface area contributed by atoms with E-state index in [1.165, 1.54) is 0 Å². The second kappa shape index (κ2) is 7.26. The average Bonchev–Trinajstić information content (AvgIpc) is 2.17. The minimum Gasteiger partial charge on any atom is -0.481 e. The molecule has 2 N–H and O–H groups in total. The van der Waals surface area contributed by atoms with E-state index in [-0.39, 0.29) is 5.92 Å². The summed E-state index contributed by atoms with van der Waals surface area (Å²) in [6.07, 6.45) is 1.40. The maximum atomic E-state index is 10.3. The van der Waals surface area contributed by atoms with E-state index in [9.17, 15) is 9.59 Å². The summed E-state index contributed by atoms with van der Waals surface area (Å²) in [7, 11) is 0. The first-order chi connectivity index (χ1) is 6.68. The quantitative estimate of drug-likeness (QED) is 0.760. The van der Waals surface area contributed by atoms with Crippen LogP contribution in [0.3, 0.4) is 0 Å². The smallest absolute Gasteiger partial charge is 0.309 e. The van der Waals surface area contributed by atoms with Crippen molar-refractivity contribution in [3.63, 3.8) is 0 Å². The lowest BCUT2D eigenvalue weighted by molar-refractivity contribution is -0.147. The Balaban J connectivity index is 0. The standard InChI is InChI=1S/C6H12O2.C5H10O2/c1-4-6(2,3)5(7)8;1-3-4(2)5(6)7/h4H2,1-3H3,(H,7,8);4H,3H2,1-2H3,(H,6,7). The summed E-state index contributed by atoms with van der Waals surface area (Å²) in [5.74, 6) is -1.61. The molecule has 0 saturated carbocycles. The van der Waals surface area contributed by atoms with Gasteiger partial charge in [-0.25, -0.2) is 0 Å². The molecule has 0 spiro atoms. The van der Waals surface area contributed by atoms with E-state index in [0.717, 1.165) is 6.42 Å². The summed E-state index contributed by atoms with van der Waals surface area (Å²) >= 11 is 0. The third-order valence-electron chi connectivity index (χ3n) is 2.50. The summed E-state index contributed by atoms with van der Waals surface area (Å²) in [5.41, 5.74) is -0.542. The van der Waals surface area contributed by atoms with E-state index in [4.69, 9.17) is 10.2 Å². The van der Waals surface area contributed by atoms with E-state index in [1.807, 2.05) is 13.8 Å². The summed E-state index contributed by atoms with van der Waals surface area (Å²) in [4.78, 5) is 20.2. The minimum atomic E-state index is -0.722. The second-order valence-corrected chi connectivity index (χ2v) is 4.19. The molecule has 0 radical (unpaired) electrons. The van der Waals surface area contributed by atoms with Crippen molar-refractivity contribution in [2.24, 2.45) is 11.3 Å². The molecule has 4 nitrogen and oxygen atoms in total. The summed E-state index contributed by atoms with van der Waals surface area (Å²) in [5, 5.41) is 16.6. The van der Waals surface area contributed by atoms with E-state index in [1.54, 1.807) is 20.8 Å². The second-order valence-electron chi connectivity index (χ2n) is 4.19. The van der Waals surface area contributed by atoms with Crippen molar-refractivity contribution in [3.8, 4) is 0 Å². The zero-order valence-corrected chi connectivity index (χ0v) is 10.2. The Morgan fingerprint density at radius 3 is 1.60 bits per heavy atom. The molecule has 90 valence electrons. The summed E-state index contributed by atoms with van der Waals surface area (Å²) in [6, 6.07) is 0. The van der Waals surface area contributed by atoms with Crippen molar-refractivity contribution in [3.05, 3.63) is 0 Å². The average molecular weight is 218 g/mol. The number of aliphatic carboxylic acids is 2. The van der Waals surface area contributed by atoms with Gasteiger partial charge in [-0.05, 0) is 26.7 Å². The van der Waals surface area contributed by atoms with Gasteiger partial charge in [-0.15, -0.1) is 0 Å². The van der Waals surface area contributed by atoms with E-state index in [0.29, 0.717) is 6.42 Å². The van der Waals surface area contributed by atoms with Gasteiger partial charge in [0.25, 0.3) is 0 Å². The molecular formula is C11H22O4. The van der Waals surface area contributed by atoms with Gasteiger partial charge < -0.3 is 10.2 Å². The molecular weight excluding hydrogens is 196 g/mol. The van der Waals surface area contributed by atoms with Gasteiger partial charge in [0.2, 0.25) is 0 Å². The Morgan fingerprint density at radius 2 is 1.60 bits per heavy atom. The Labute approximate surface area is 91.3 Å². The molecule has 0 bridgehead atoms. The fraction of sp³-hybridized carbons (Fsp3) is 0.818. The summed E-state index contributed by atoms with van der Waals surface area (Å²) in [6.45, 7) is 8.86. The van der Waals surface area contributed by atoms with Crippen molar-refractivity contribution in [2.45, 2.75) is 47.5 Å². The van der Waals surface area contributed by atoms with Crippen molar-refractivity contribution in [1.29, 1.82) is 0 Å². The molecule has 0 aromatic rings. The van der Waals surface area contributed by atoms with Crippen molar-refractivity contribution in [2.75, 3.05) is 0 Å². The molecule has 0 aromatic carbocycles. The van der Waals surface area contributed by atoms with Gasteiger partial charge in [-0.3, -0.25) is 9.59 Å². The highest BCUT2D eigenvalue weighted by Gasteiger charge is 2.23. The van der Waals surface area contributed by atoms with Gasteiger partial charge in [0, 0.05) is 0 Å². The minimum absolute atomic E-state index is 0.181. The molecule has 4 heteroatoms. The Kier molecular flexibility index (Phi) is 7.92. The first-order valence-electron chi connectivity index (χ1n) is 5.15. The third-order valence-corrected chi connectivity index (χ3v) is 2.50. The summed E-state index contributed by atoms with van der Waals surface area (Å²) < 4.78 is 0. The molecule has 0 heterocycles. The first kappa shape index (κ1) is 16.4. The lowest BCUT2D eigenvalue weighted by Crippen LogP contribution is -2.21. The maximum absolute atomic E-state index is 10.3. The Morgan fingerprint density at radius 1 is 1.20 bits per heavy atom. The van der Waals surface area contributed by atoms with Crippen LogP contribution in [0.25, 0.3) is 0 Å². The van der Waals surface area contributed by atoms with E-state index in [2.05, 4.69) is 0 Å². The highest BCUT2D eigenvalue weighted by molar-refractivity contribution is 5.73. The normalized spacial score (nSPS) is 12.3. The third kappa shape index (κ3) is 7.97. The topological polar surface area (TPSA) is 74.6 Å². The van der Waals surface area contributed by atoms with Crippen LogP contribution in [0, 0.1) is 11.3 Å². The molecule has 0 aliphatic carbocycles. The zero-order valence-electron chi connectivity index (χ0n) is 10.2. The highest BCUT2D eigenvalue weighted by atomic mass is 16.4. The number of carboxylic acids is 2. The lowest BCUT2D eigenvalue weighted by atomic mass is 9.91. The molecule has 15 heavy (non-hydrogen) atoms. The molecule has 0 rings (SSSR count). The van der Waals surface area contributed by atoms with Crippen LogP contribution in [0.15, 0.2) is 0 Å². The fourth-order valence-electron chi connectivity index (χ4n) is 0.326. The van der Waals surface area contributed by atoms with Crippen LogP contribution >= 0.6 is 0 Å². The van der Waals surface area contributed by atoms with Crippen LogP contribution in [0.2, 0.25) is 0 Å². The molecule has 0 fully saturated rings. The van der Waals surface area contributed by atoms with Crippen molar-refractivity contribution >= 4 is 11.9 Å². The lowest BCUT2D eigenvalue weighted by Gasteiger charge is -2.14. The Bertz CT molecular complexity index is 209. The number of carboxylic acid groups (broad SMARTS) is 2. The monoisotopic (exact) mass is 218 g/mol. The predicted octanol–water partition coefficient (Wildman–Crippen LogP) is 2.62. The molecule has 0 saturated heterocycles. The SMILES string of the molecule is CCC(C)(C)C(=O)O.CCC(C)C(=O)O. The first-order valence-corrected chi connectivity index (χ1v) is 5.15. The van der Waals surface area contributed by atoms with Gasteiger partial charge >= 0.3 is 11.9 Å². The van der Waals surface area contributed by atoms with E-state index < -0.39 is 17.4 Å². The fourth-order valence-corrected chi connectivity index (χ4v) is 0.326. The number of hydrogen-bond acceptors (Lipinski definition) is 2. The highest BCUT2D eigenvalue weighted by Crippen LogP contribution is 2.18. The van der Waals surface area contributed by atoms with Crippen LogP contribution in [0.5, 0.6) is 0 Å². The molecule has 0 aromatic heterocycles. The molecule has 0 amide bonds. The van der Waals surface area contributed by atoms with E-state index >= 15 is 0 Å². The number of carbonyl (C=O) groups is 2. The predicted molar refractivity (Wildman–Crippen MR) is 58.8 cm³/mol. The van der Waals surface area contributed by atoms with Gasteiger partial charge in [-0.1, -0.05) is 20.8 Å². The van der Waals surface area contributed by atoms with Crippen LogP contribution in [-0.2, 0) is 9.59 Å². The number of rotatable bonds is 4. The molecule has 1 unspecified atom stereocenters. The van der Waals surface area contributed by atoms with Gasteiger partial charge in [0.05, 0.1) is 11.3 Å². The van der Waals surface area contributed by atoms with Crippen molar-refractivity contribution in [1.82, 2.24) is 0 Å². The van der Waals surface area contributed by atoms with Gasteiger partial charge in [-0.2, -0.15) is 0 Å². The Hall–Kier alpha value is -1.06. The van der Waals surface area contributed by atoms with Gasteiger partial charge in [0.15, 0.2) is 0 Å². The van der Waals surface area contributed by atoms with Crippen molar-refractivity contribution < 1.29 is 19.8 Å². The van der Waals surface area contributed by atoms with Gasteiger partial charge in [0.1, 0.15) is 0 Å². The zero-order chi connectivity index (χ0) is 12.6. The van der Waals surface area contributed by atoms with Crippen LogP contribution in [-0.4, -0.2) is 22.2 Å². The molecule has 0 aliphatic heterocycles. The number of hydrogen-bond donors (Lipinski definition) is 2. The maximum Gasteiger partial charge on any atom is 0.309 e. The van der Waals surface area contributed by atoms with Crippen LogP contribution in [0.1, 0.15) is 47.5 Å². The largest absolute Gasteiger partial charge is 0.481 e. The van der Waals surface area contributed by atoms with Crippen LogP contribution in [0.4, 0.5) is 0 Å². The van der Waals surface area contributed by atoms with Crippen LogP contribution < -0.4 is 0 Å².